The van der Waals surface area contributed by atoms with E-state index in [2.05, 4.69) is 5.32 Å². The van der Waals surface area contributed by atoms with E-state index < -0.39 is 12.0 Å². The SMILES string of the molecule is CC(C)C(NCCCN)C(=O)O. The fraction of sp³-hybridized carbons (Fsp3) is 0.875. The molecular weight excluding hydrogens is 156 g/mol. The van der Waals surface area contributed by atoms with Crippen LogP contribution in [0, 0.1) is 5.92 Å². The topological polar surface area (TPSA) is 75.3 Å². The monoisotopic (exact) mass is 174 g/mol. The molecule has 4 nitrogen and oxygen atoms in total. The van der Waals surface area contributed by atoms with Gasteiger partial charge >= 0.3 is 5.97 Å². The van der Waals surface area contributed by atoms with Gasteiger partial charge in [-0.15, -0.1) is 0 Å². The number of aliphatic carboxylic acids is 1. The second-order valence-corrected chi connectivity index (χ2v) is 3.16. The van der Waals surface area contributed by atoms with Crippen molar-refractivity contribution < 1.29 is 9.90 Å². The lowest BCUT2D eigenvalue weighted by Gasteiger charge is -2.17. The van der Waals surface area contributed by atoms with Crippen molar-refractivity contribution in [3.63, 3.8) is 0 Å². The molecule has 0 radical (unpaired) electrons. The molecule has 0 bridgehead atoms. The third-order valence-electron chi connectivity index (χ3n) is 1.68. The van der Waals surface area contributed by atoms with E-state index in [1.807, 2.05) is 13.8 Å². The highest BCUT2D eigenvalue weighted by atomic mass is 16.4. The van der Waals surface area contributed by atoms with Gasteiger partial charge in [0.1, 0.15) is 6.04 Å². The Balaban J connectivity index is 3.72. The van der Waals surface area contributed by atoms with Crippen LogP contribution in [0.2, 0.25) is 0 Å². The fourth-order valence-electron chi connectivity index (χ4n) is 0.968. The standard InChI is InChI=1S/C8H18N2O2/c1-6(2)7(8(11)12)10-5-3-4-9/h6-7,10H,3-5,9H2,1-2H3,(H,11,12). The number of carboxylic acid groups (broad SMARTS) is 1. The second kappa shape index (κ2) is 5.97. The first-order valence-electron chi connectivity index (χ1n) is 4.25. The summed E-state index contributed by atoms with van der Waals surface area (Å²) in [6, 6.07) is -0.448. The summed E-state index contributed by atoms with van der Waals surface area (Å²) >= 11 is 0. The normalized spacial score (nSPS) is 13.3. The van der Waals surface area contributed by atoms with Gasteiger partial charge in [-0.2, -0.15) is 0 Å². The summed E-state index contributed by atoms with van der Waals surface area (Å²) in [5.41, 5.74) is 5.28. The summed E-state index contributed by atoms with van der Waals surface area (Å²) in [5, 5.41) is 11.7. The van der Waals surface area contributed by atoms with Crippen LogP contribution in [-0.4, -0.2) is 30.2 Å². The Morgan fingerprint density at radius 2 is 2.17 bits per heavy atom. The highest BCUT2D eigenvalue weighted by Gasteiger charge is 2.19. The zero-order valence-corrected chi connectivity index (χ0v) is 7.71. The average Bonchev–Trinajstić information content (AvgIpc) is 1.96. The summed E-state index contributed by atoms with van der Waals surface area (Å²) < 4.78 is 0. The molecule has 4 heteroatoms. The highest BCUT2D eigenvalue weighted by Crippen LogP contribution is 2.00. The first-order chi connectivity index (χ1) is 5.59. The zero-order chi connectivity index (χ0) is 9.56. The van der Waals surface area contributed by atoms with E-state index in [-0.39, 0.29) is 5.92 Å². The molecule has 4 N–H and O–H groups in total. The molecule has 0 aromatic rings. The van der Waals surface area contributed by atoms with E-state index in [1.165, 1.54) is 0 Å². The van der Waals surface area contributed by atoms with Gasteiger partial charge in [-0.1, -0.05) is 13.8 Å². The average molecular weight is 174 g/mol. The Hall–Kier alpha value is -0.610. The number of hydrogen-bond donors (Lipinski definition) is 3. The van der Waals surface area contributed by atoms with Gasteiger partial charge in [0.2, 0.25) is 0 Å². The number of carboxylic acids is 1. The van der Waals surface area contributed by atoms with Crippen LogP contribution in [-0.2, 0) is 4.79 Å². The molecule has 0 aliphatic carbocycles. The van der Waals surface area contributed by atoms with Gasteiger partial charge in [0.05, 0.1) is 0 Å². The lowest BCUT2D eigenvalue weighted by atomic mass is 10.0. The van der Waals surface area contributed by atoms with E-state index in [0.717, 1.165) is 6.42 Å². The van der Waals surface area contributed by atoms with E-state index in [9.17, 15) is 4.79 Å². The van der Waals surface area contributed by atoms with Crippen LogP contribution in [0.1, 0.15) is 20.3 Å². The fourth-order valence-corrected chi connectivity index (χ4v) is 0.968. The van der Waals surface area contributed by atoms with Gasteiger partial charge in [0.15, 0.2) is 0 Å². The quantitative estimate of drug-likeness (QED) is 0.497. The molecule has 0 heterocycles. The summed E-state index contributed by atoms with van der Waals surface area (Å²) in [5.74, 6) is -0.678. The molecule has 0 saturated heterocycles. The molecule has 12 heavy (non-hydrogen) atoms. The molecule has 0 aromatic heterocycles. The number of nitrogens with one attached hydrogen (secondary N) is 1. The van der Waals surface area contributed by atoms with Crippen molar-refractivity contribution >= 4 is 5.97 Å². The third kappa shape index (κ3) is 4.31. The summed E-state index contributed by atoms with van der Waals surface area (Å²) in [4.78, 5) is 10.6. The van der Waals surface area contributed by atoms with Crippen molar-refractivity contribution in [3.05, 3.63) is 0 Å². The molecule has 0 aliphatic heterocycles. The summed E-state index contributed by atoms with van der Waals surface area (Å²) in [7, 11) is 0. The Morgan fingerprint density at radius 3 is 2.50 bits per heavy atom. The molecule has 0 aromatic carbocycles. The van der Waals surface area contributed by atoms with Crippen LogP contribution in [0.15, 0.2) is 0 Å². The zero-order valence-electron chi connectivity index (χ0n) is 7.71. The first-order valence-corrected chi connectivity index (χ1v) is 4.25. The van der Waals surface area contributed by atoms with Crippen molar-refractivity contribution in [2.75, 3.05) is 13.1 Å². The minimum Gasteiger partial charge on any atom is -0.480 e. The van der Waals surface area contributed by atoms with Gasteiger partial charge in [0.25, 0.3) is 0 Å². The van der Waals surface area contributed by atoms with E-state index in [0.29, 0.717) is 13.1 Å². The number of carbonyl (C=O) groups is 1. The highest BCUT2D eigenvalue weighted by molar-refractivity contribution is 5.73. The maximum atomic E-state index is 10.6. The Bertz CT molecular complexity index is 137. The maximum Gasteiger partial charge on any atom is 0.320 e. The molecule has 1 atom stereocenters. The van der Waals surface area contributed by atoms with Gasteiger partial charge in [-0.25, -0.2) is 0 Å². The Morgan fingerprint density at radius 1 is 1.58 bits per heavy atom. The van der Waals surface area contributed by atoms with Gasteiger partial charge in [-0.3, -0.25) is 4.79 Å². The van der Waals surface area contributed by atoms with Gasteiger partial charge in [0, 0.05) is 0 Å². The molecular formula is C8H18N2O2. The van der Waals surface area contributed by atoms with Crippen LogP contribution in [0.4, 0.5) is 0 Å². The van der Waals surface area contributed by atoms with Gasteiger partial charge in [-0.05, 0) is 25.4 Å². The summed E-state index contributed by atoms with van der Waals surface area (Å²) in [6.07, 6.45) is 0.816. The van der Waals surface area contributed by atoms with Gasteiger partial charge < -0.3 is 16.2 Å². The van der Waals surface area contributed by atoms with E-state index in [4.69, 9.17) is 10.8 Å². The second-order valence-electron chi connectivity index (χ2n) is 3.16. The van der Waals surface area contributed by atoms with Crippen molar-refractivity contribution in [3.8, 4) is 0 Å². The van der Waals surface area contributed by atoms with Crippen LogP contribution in [0.5, 0.6) is 0 Å². The largest absolute Gasteiger partial charge is 0.480 e. The first kappa shape index (κ1) is 11.4. The van der Waals surface area contributed by atoms with Crippen LogP contribution in [0.3, 0.4) is 0 Å². The lowest BCUT2D eigenvalue weighted by Crippen LogP contribution is -2.41. The maximum absolute atomic E-state index is 10.6. The molecule has 0 saturated carbocycles. The van der Waals surface area contributed by atoms with Crippen molar-refractivity contribution in [1.82, 2.24) is 5.32 Å². The Labute approximate surface area is 73.1 Å². The molecule has 72 valence electrons. The molecule has 0 fully saturated rings. The van der Waals surface area contributed by atoms with Crippen LogP contribution < -0.4 is 11.1 Å². The molecule has 0 amide bonds. The van der Waals surface area contributed by atoms with E-state index in [1.54, 1.807) is 0 Å². The van der Waals surface area contributed by atoms with Crippen molar-refractivity contribution in [2.24, 2.45) is 11.7 Å². The predicted octanol–water partition coefficient (Wildman–Crippen LogP) is 0.0340. The molecule has 0 spiro atoms. The van der Waals surface area contributed by atoms with Crippen LogP contribution >= 0.6 is 0 Å². The van der Waals surface area contributed by atoms with E-state index >= 15 is 0 Å². The molecule has 1 unspecified atom stereocenters. The Kier molecular flexibility index (Phi) is 5.66. The smallest absolute Gasteiger partial charge is 0.320 e. The third-order valence-corrected chi connectivity index (χ3v) is 1.68. The summed E-state index contributed by atoms with van der Waals surface area (Å²) in [6.45, 7) is 5.03. The number of nitrogens with two attached hydrogens (primary N) is 1. The van der Waals surface area contributed by atoms with Crippen molar-refractivity contribution in [2.45, 2.75) is 26.3 Å². The van der Waals surface area contributed by atoms with Crippen LogP contribution in [0.25, 0.3) is 0 Å². The lowest BCUT2D eigenvalue weighted by molar-refractivity contribution is -0.140. The number of hydrogen-bond acceptors (Lipinski definition) is 3. The minimum absolute atomic E-state index is 0.111. The molecule has 0 aliphatic rings. The minimum atomic E-state index is -0.790. The number of rotatable bonds is 6. The predicted molar refractivity (Wildman–Crippen MR) is 47.9 cm³/mol. The van der Waals surface area contributed by atoms with Crippen molar-refractivity contribution in [1.29, 1.82) is 0 Å². The molecule has 0 rings (SSSR count).